The van der Waals surface area contributed by atoms with Gasteiger partial charge in [0.2, 0.25) is 10.9 Å². The molecule has 0 atom stereocenters. The summed E-state index contributed by atoms with van der Waals surface area (Å²) in [6, 6.07) is 8.38. The molecule has 0 aliphatic carbocycles. The number of benzene rings is 2. The number of thioether (sulfide) groups is 1. The fourth-order valence-electron chi connectivity index (χ4n) is 3.17. The second kappa shape index (κ2) is 8.14. The number of nitrogens with zero attached hydrogens (tertiary/aromatic N) is 4. The summed E-state index contributed by atoms with van der Waals surface area (Å²) in [7, 11) is 4.52. The molecule has 0 amide bonds. The number of halogens is 3. The summed E-state index contributed by atoms with van der Waals surface area (Å²) in [6.45, 7) is 0. The van der Waals surface area contributed by atoms with Crippen LogP contribution >= 0.6 is 11.8 Å². The molecule has 0 N–H and O–H groups in total. The van der Waals surface area contributed by atoms with Crippen LogP contribution in [0.5, 0.6) is 17.2 Å². The third-order valence-corrected chi connectivity index (χ3v) is 5.59. The van der Waals surface area contributed by atoms with Gasteiger partial charge in [-0.05, 0) is 29.8 Å². The summed E-state index contributed by atoms with van der Waals surface area (Å²) in [5.74, 6) is 2.15. The van der Waals surface area contributed by atoms with E-state index in [4.69, 9.17) is 14.2 Å². The first-order chi connectivity index (χ1) is 14.9. The molecule has 7 nitrogen and oxygen atoms in total. The predicted molar refractivity (Wildman–Crippen MR) is 109 cm³/mol. The van der Waals surface area contributed by atoms with Crippen LogP contribution in [0.25, 0.3) is 11.4 Å². The SMILES string of the molecule is COc1ccc(-c2nnc3n2N=C(c2ccc(C(F)(F)F)cc2)CS3)c(OC)c1OC. The number of methoxy groups -OCH3 is 3. The van der Waals surface area contributed by atoms with E-state index in [9.17, 15) is 13.2 Å². The van der Waals surface area contributed by atoms with E-state index in [1.165, 1.54) is 45.2 Å². The molecule has 162 valence electrons. The minimum absolute atomic E-state index is 0.398. The molecule has 11 heteroatoms. The fourth-order valence-corrected chi connectivity index (χ4v) is 4.00. The molecule has 1 aromatic heterocycles. The zero-order valence-corrected chi connectivity index (χ0v) is 17.5. The van der Waals surface area contributed by atoms with Crippen molar-refractivity contribution in [2.75, 3.05) is 27.1 Å². The topological polar surface area (TPSA) is 70.8 Å². The summed E-state index contributed by atoms with van der Waals surface area (Å²) in [5.41, 5.74) is 1.06. The standard InChI is InChI=1S/C20H17F3N4O3S/c1-28-15-9-8-13(16(29-2)17(15)30-3)18-24-25-19-27(18)26-14(10-31-19)11-4-6-12(7-5-11)20(21,22)23/h4-9H,10H2,1-3H3. The Hall–Kier alpha value is -3.21. The molecule has 0 saturated heterocycles. The quantitative estimate of drug-likeness (QED) is 0.576. The van der Waals surface area contributed by atoms with Gasteiger partial charge in [-0.3, -0.25) is 0 Å². The monoisotopic (exact) mass is 450 g/mol. The lowest BCUT2D eigenvalue weighted by Gasteiger charge is -2.17. The average Bonchev–Trinajstić information content (AvgIpc) is 3.20. The number of alkyl halides is 3. The molecule has 31 heavy (non-hydrogen) atoms. The van der Waals surface area contributed by atoms with Crippen LogP contribution < -0.4 is 14.2 Å². The summed E-state index contributed by atoms with van der Waals surface area (Å²) < 4.78 is 56.4. The Morgan fingerprint density at radius 2 is 1.61 bits per heavy atom. The number of aromatic nitrogens is 3. The number of hydrogen-bond acceptors (Lipinski definition) is 7. The zero-order valence-electron chi connectivity index (χ0n) is 16.7. The second-order valence-electron chi connectivity index (χ2n) is 6.41. The van der Waals surface area contributed by atoms with Crippen LogP contribution in [-0.4, -0.2) is 47.7 Å². The van der Waals surface area contributed by atoms with Crippen molar-refractivity contribution >= 4 is 17.5 Å². The van der Waals surface area contributed by atoms with Gasteiger partial charge in [0.05, 0.1) is 38.2 Å². The van der Waals surface area contributed by atoms with Crippen molar-refractivity contribution in [2.45, 2.75) is 11.3 Å². The fraction of sp³-hybridized carbons (Fsp3) is 0.250. The Bertz CT molecular complexity index is 1140. The smallest absolute Gasteiger partial charge is 0.416 e. The Labute approximate surface area is 179 Å². The van der Waals surface area contributed by atoms with Crippen LogP contribution in [0.15, 0.2) is 46.7 Å². The van der Waals surface area contributed by atoms with Crippen molar-refractivity contribution in [1.29, 1.82) is 0 Å². The molecule has 2 aromatic carbocycles. The number of ether oxygens (including phenoxy) is 3. The van der Waals surface area contributed by atoms with E-state index in [0.29, 0.717) is 50.8 Å². The number of hydrogen-bond donors (Lipinski definition) is 0. The van der Waals surface area contributed by atoms with Crippen LogP contribution in [0.2, 0.25) is 0 Å². The molecule has 0 saturated carbocycles. The van der Waals surface area contributed by atoms with Gasteiger partial charge in [0.1, 0.15) is 0 Å². The minimum Gasteiger partial charge on any atom is -0.493 e. The van der Waals surface area contributed by atoms with Gasteiger partial charge in [0.15, 0.2) is 17.3 Å². The van der Waals surface area contributed by atoms with Gasteiger partial charge in [0, 0.05) is 5.75 Å². The summed E-state index contributed by atoms with van der Waals surface area (Å²) >= 11 is 1.39. The highest BCUT2D eigenvalue weighted by molar-refractivity contribution is 7.99. The summed E-state index contributed by atoms with van der Waals surface area (Å²) in [6.07, 6.45) is -4.39. The van der Waals surface area contributed by atoms with Gasteiger partial charge in [0.25, 0.3) is 0 Å². The van der Waals surface area contributed by atoms with Crippen molar-refractivity contribution in [2.24, 2.45) is 5.10 Å². The Morgan fingerprint density at radius 3 is 2.23 bits per heavy atom. The first-order valence-corrected chi connectivity index (χ1v) is 9.99. The highest BCUT2D eigenvalue weighted by Gasteiger charge is 2.30. The van der Waals surface area contributed by atoms with Crippen LogP contribution in [0.3, 0.4) is 0 Å². The summed E-state index contributed by atoms with van der Waals surface area (Å²) in [5, 5.41) is 13.6. The average molecular weight is 450 g/mol. The van der Waals surface area contributed by atoms with E-state index < -0.39 is 11.7 Å². The number of fused-ring (bicyclic) bond motifs is 1. The van der Waals surface area contributed by atoms with E-state index in [-0.39, 0.29) is 0 Å². The molecule has 4 rings (SSSR count). The van der Waals surface area contributed by atoms with Crippen LogP contribution in [-0.2, 0) is 6.18 Å². The van der Waals surface area contributed by atoms with E-state index >= 15 is 0 Å². The molecule has 3 aromatic rings. The van der Waals surface area contributed by atoms with Gasteiger partial charge in [-0.2, -0.15) is 22.9 Å². The molecule has 0 unspecified atom stereocenters. The Kier molecular flexibility index (Phi) is 5.52. The highest BCUT2D eigenvalue weighted by Crippen LogP contribution is 2.44. The molecular formula is C20H17F3N4O3S. The Balaban J connectivity index is 1.78. The lowest BCUT2D eigenvalue weighted by Crippen LogP contribution is -2.14. The van der Waals surface area contributed by atoms with Gasteiger partial charge >= 0.3 is 6.18 Å². The van der Waals surface area contributed by atoms with Crippen molar-refractivity contribution in [3.63, 3.8) is 0 Å². The second-order valence-corrected chi connectivity index (χ2v) is 7.35. The van der Waals surface area contributed by atoms with E-state index in [1.807, 2.05) is 0 Å². The molecule has 1 aliphatic rings. The van der Waals surface area contributed by atoms with Crippen molar-refractivity contribution in [3.05, 3.63) is 47.5 Å². The van der Waals surface area contributed by atoms with E-state index in [2.05, 4.69) is 15.3 Å². The minimum atomic E-state index is -4.39. The van der Waals surface area contributed by atoms with Crippen LogP contribution in [0.4, 0.5) is 13.2 Å². The highest BCUT2D eigenvalue weighted by atomic mass is 32.2. The maximum Gasteiger partial charge on any atom is 0.416 e. The van der Waals surface area contributed by atoms with Crippen molar-refractivity contribution in [1.82, 2.24) is 14.9 Å². The van der Waals surface area contributed by atoms with Gasteiger partial charge in [-0.1, -0.05) is 23.9 Å². The van der Waals surface area contributed by atoms with Gasteiger partial charge in [-0.15, -0.1) is 10.2 Å². The molecule has 0 fully saturated rings. The molecule has 0 spiro atoms. The molecule has 1 aliphatic heterocycles. The largest absolute Gasteiger partial charge is 0.493 e. The first-order valence-electron chi connectivity index (χ1n) is 9.00. The Morgan fingerprint density at radius 1 is 0.903 bits per heavy atom. The lowest BCUT2D eigenvalue weighted by atomic mass is 10.1. The molecular weight excluding hydrogens is 433 g/mol. The summed E-state index contributed by atoms with van der Waals surface area (Å²) in [4.78, 5) is 0. The zero-order chi connectivity index (χ0) is 22.2. The van der Waals surface area contributed by atoms with Gasteiger partial charge < -0.3 is 14.2 Å². The molecule has 2 heterocycles. The maximum atomic E-state index is 12.9. The molecule has 0 radical (unpaired) electrons. The molecule has 0 bridgehead atoms. The van der Waals surface area contributed by atoms with Crippen LogP contribution in [0.1, 0.15) is 11.1 Å². The van der Waals surface area contributed by atoms with Crippen molar-refractivity contribution in [3.8, 4) is 28.6 Å². The third-order valence-electron chi connectivity index (χ3n) is 4.66. The lowest BCUT2D eigenvalue weighted by molar-refractivity contribution is -0.137. The predicted octanol–water partition coefficient (Wildman–Crippen LogP) is 4.35. The van der Waals surface area contributed by atoms with Crippen LogP contribution in [0, 0.1) is 0 Å². The van der Waals surface area contributed by atoms with E-state index in [1.54, 1.807) is 16.8 Å². The van der Waals surface area contributed by atoms with Crippen molar-refractivity contribution < 1.29 is 27.4 Å². The van der Waals surface area contributed by atoms with Gasteiger partial charge in [-0.25, -0.2) is 0 Å². The normalized spacial score (nSPS) is 13.4. The maximum absolute atomic E-state index is 12.9. The first kappa shape index (κ1) is 21.0. The third kappa shape index (κ3) is 3.80. The van der Waals surface area contributed by atoms with E-state index in [0.717, 1.165) is 12.1 Å². The number of rotatable bonds is 5.